The molecule has 0 unspecified atom stereocenters. The van der Waals surface area contributed by atoms with E-state index in [4.69, 9.17) is 27.0 Å². The van der Waals surface area contributed by atoms with E-state index in [0.29, 0.717) is 0 Å². The largest absolute Gasteiger partial charge is 0.378 e. The lowest BCUT2D eigenvalue weighted by Gasteiger charge is -2.10. The number of rotatable bonds is 4. The van der Waals surface area contributed by atoms with Crippen LogP contribution in [0.15, 0.2) is 4.90 Å². The molecular weight excluding hydrogens is 299 g/mol. The number of hydrogen-bond acceptors (Lipinski definition) is 4. The van der Waals surface area contributed by atoms with Crippen molar-refractivity contribution in [1.82, 2.24) is 9.78 Å². The molecule has 1 aromatic rings. The smallest absolute Gasteiger partial charge is 0.266 e. The standard InChI is InChI=1S/C10H14Cl2N2O3S/c1-17-6-8-9(18(12,15)16)10(11)14(13-8)7-4-2-3-5-7/h7H,2-6H2,1H3. The summed E-state index contributed by atoms with van der Waals surface area (Å²) in [6, 6.07) is 0.153. The Morgan fingerprint density at radius 3 is 2.56 bits per heavy atom. The molecule has 0 radical (unpaired) electrons. The fraction of sp³-hybridized carbons (Fsp3) is 0.700. The number of nitrogens with zero attached hydrogens (tertiary/aromatic N) is 2. The molecule has 5 nitrogen and oxygen atoms in total. The average Bonchev–Trinajstić information content (AvgIpc) is 2.84. The molecule has 1 aliphatic rings. The van der Waals surface area contributed by atoms with Gasteiger partial charge < -0.3 is 4.74 Å². The van der Waals surface area contributed by atoms with Gasteiger partial charge in [-0.05, 0) is 12.8 Å². The van der Waals surface area contributed by atoms with Gasteiger partial charge in [0.05, 0.1) is 12.6 Å². The number of ether oxygens (including phenoxy) is 1. The van der Waals surface area contributed by atoms with Crippen LogP contribution in [-0.2, 0) is 20.4 Å². The summed E-state index contributed by atoms with van der Waals surface area (Å²) in [6.45, 7) is 0.0702. The summed E-state index contributed by atoms with van der Waals surface area (Å²) >= 11 is 6.11. The molecule has 0 amide bonds. The number of aromatic nitrogens is 2. The van der Waals surface area contributed by atoms with Crippen molar-refractivity contribution < 1.29 is 13.2 Å². The third kappa shape index (κ3) is 2.66. The molecule has 1 heterocycles. The number of halogens is 2. The van der Waals surface area contributed by atoms with Gasteiger partial charge >= 0.3 is 0 Å². The minimum atomic E-state index is -3.92. The van der Waals surface area contributed by atoms with Crippen molar-refractivity contribution in [2.75, 3.05) is 7.11 Å². The molecule has 18 heavy (non-hydrogen) atoms. The van der Waals surface area contributed by atoms with Crippen molar-refractivity contribution in [3.63, 3.8) is 0 Å². The number of hydrogen-bond donors (Lipinski definition) is 0. The molecule has 1 aliphatic carbocycles. The van der Waals surface area contributed by atoms with Gasteiger partial charge in [-0.15, -0.1) is 0 Å². The second-order valence-electron chi connectivity index (χ2n) is 4.32. The van der Waals surface area contributed by atoms with E-state index in [1.54, 1.807) is 4.68 Å². The summed E-state index contributed by atoms with van der Waals surface area (Å²) in [4.78, 5) is -0.125. The first-order valence-electron chi connectivity index (χ1n) is 5.65. The highest BCUT2D eigenvalue weighted by atomic mass is 35.7. The molecule has 102 valence electrons. The van der Waals surface area contributed by atoms with Gasteiger partial charge in [-0.2, -0.15) is 5.10 Å². The summed E-state index contributed by atoms with van der Waals surface area (Å²) in [5, 5.41) is 4.33. The minimum absolute atomic E-state index is 0.0702. The van der Waals surface area contributed by atoms with Crippen molar-refractivity contribution in [1.29, 1.82) is 0 Å². The van der Waals surface area contributed by atoms with Gasteiger partial charge in [-0.1, -0.05) is 24.4 Å². The topological polar surface area (TPSA) is 61.2 Å². The lowest BCUT2D eigenvalue weighted by molar-refractivity contribution is 0.178. The first-order chi connectivity index (χ1) is 8.45. The van der Waals surface area contributed by atoms with Gasteiger partial charge in [0.25, 0.3) is 9.05 Å². The van der Waals surface area contributed by atoms with Crippen LogP contribution in [0.5, 0.6) is 0 Å². The van der Waals surface area contributed by atoms with E-state index in [0.717, 1.165) is 25.7 Å². The highest BCUT2D eigenvalue weighted by Gasteiger charge is 2.30. The Morgan fingerprint density at radius 1 is 1.44 bits per heavy atom. The third-order valence-corrected chi connectivity index (χ3v) is 4.93. The molecule has 8 heteroatoms. The van der Waals surface area contributed by atoms with Crippen LogP contribution in [0.3, 0.4) is 0 Å². The van der Waals surface area contributed by atoms with Crippen LogP contribution < -0.4 is 0 Å². The fourth-order valence-electron chi connectivity index (χ4n) is 2.31. The van der Waals surface area contributed by atoms with E-state index < -0.39 is 9.05 Å². The van der Waals surface area contributed by atoms with E-state index in [1.807, 2.05) is 0 Å². The van der Waals surface area contributed by atoms with Gasteiger partial charge in [0.1, 0.15) is 15.7 Å². The van der Waals surface area contributed by atoms with Gasteiger partial charge in [0, 0.05) is 17.8 Å². The quantitative estimate of drug-likeness (QED) is 0.802. The number of methoxy groups -OCH3 is 1. The predicted molar refractivity (Wildman–Crippen MR) is 68.5 cm³/mol. The fourth-order valence-corrected chi connectivity index (χ4v) is 4.18. The van der Waals surface area contributed by atoms with Gasteiger partial charge in [-0.25, -0.2) is 13.1 Å². The Bertz CT molecular complexity index is 536. The maximum Gasteiger partial charge on any atom is 0.266 e. The summed E-state index contributed by atoms with van der Waals surface area (Å²) in [5.74, 6) is 0. The molecular formula is C10H14Cl2N2O3S. The molecule has 0 N–H and O–H groups in total. The van der Waals surface area contributed by atoms with Crippen LogP contribution in [0.25, 0.3) is 0 Å². The maximum absolute atomic E-state index is 11.5. The van der Waals surface area contributed by atoms with Crippen LogP contribution >= 0.6 is 22.3 Å². The van der Waals surface area contributed by atoms with E-state index in [9.17, 15) is 8.42 Å². The molecule has 0 spiro atoms. The Morgan fingerprint density at radius 2 is 2.06 bits per heavy atom. The van der Waals surface area contributed by atoms with E-state index in [1.165, 1.54) is 7.11 Å². The third-order valence-electron chi connectivity index (χ3n) is 3.07. The summed E-state index contributed by atoms with van der Waals surface area (Å²) < 4.78 is 29.6. The van der Waals surface area contributed by atoms with Crippen molar-refractivity contribution in [3.05, 3.63) is 10.8 Å². The molecule has 1 saturated carbocycles. The first kappa shape index (κ1) is 14.1. The SMILES string of the molecule is COCc1nn(C2CCCC2)c(Cl)c1S(=O)(=O)Cl. The summed E-state index contributed by atoms with van der Waals surface area (Å²) in [5.41, 5.74) is 0.268. The molecule has 2 rings (SSSR count). The predicted octanol–water partition coefficient (Wildman–Crippen LogP) is 2.73. The van der Waals surface area contributed by atoms with Gasteiger partial charge in [0.15, 0.2) is 0 Å². The van der Waals surface area contributed by atoms with E-state index in [2.05, 4.69) is 5.10 Å². The van der Waals surface area contributed by atoms with Crippen molar-refractivity contribution in [2.45, 2.75) is 43.2 Å². The Balaban J connectivity index is 2.50. The monoisotopic (exact) mass is 312 g/mol. The van der Waals surface area contributed by atoms with Crippen LogP contribution in [0.4, 0.5) is 0 Å². The Hall–Kier alpha value is -0.300. The van der Waals surface area contributed by atoms with Crippen molar-refractivity contribution in [2.24, 2.45) is 0 Å². The molecule has 1 aromatic heterocycles. The lowest BCUT2D eigenvalue weighted by Crippen LogP contribution is -2.07. The van der Waals surface area contributed by atoms with Crippen molar-refractivity contribution >= 4 is 31.3 Å². The minimum Gasteiger partial charge on any atom is -0.378 e. The van der Waals surface area contributed by atoms with Crippen LogP contribution in [0, 0.1) is 0 Å². The molecule has 1 fully saturated rings. The molecule has 0 aromatic carbocycles. The maximum atomic E-state index is 11.5. The van der Waals surface area contributed by atoms with Gasteiger partial charge in [0.2, 0.25) is 0 Å². The molecule has 0 atom stereocenters. The van der Waals surface area contributed by atoms with E-state index >= 15 is 0 Å². The Kier molecular flexibility index (Phi) is 4.21. The molecule has 0 bridgehead atoms. The van der Waals surface area contributed by atoms with Crippen LogP contribution in [0.2, 0.25) is 5.15 Å². The van der Waals surface area contributed by atoms with Crippen LogP contribution in [-0.4, -0.2) is 25.3 Å². The van der Waals surface area contributed by atoms with Gasteiger partial charge in [-0.3, -0.25) is 0 Å². The highest BCUT2D eigenvalue weighted by Crippen LogP contribution is 2.36. The zero-order valence-electron chi connectivity index (χ0n) is 9.90. The zero-order valence-corrected chi connectivity index (χ0v) is 12.2. The molecule has 0 saturated heterocycles. The second-order valence-corrected chi connectivity index (χ2v) is 7.18. The first-order valence-corrected chi connectivity index (χ1v) is 8.34. The lowest BCUT2D eigenvalue weighted by atomic mass is 10.3. The summed E-state index contributed by atoms with van der Waals surface area (Å²) in [6.07, 6.45) is 4.11. The van der Waals surface area contributed by atoms with E-state index in [-0.39, 0.29) is 28.4 Å². The zero-order chi connectivity index (χ0) is 13.3. The molecule has 0 aliphatic heterocycles. The second kappa shape index (κ2) is 5.36. The summed E-state index contributed by atoms with van der Waals surface area (Å²) in [7, 11) is 2.95. The highest BCUT2D eigenvalue weighted by molar-refractivity contribution is 8.13. The van der Waals surface area contributed by atoms with Crippen LogP contribution in [0.1, 0.15) is 37.4 Å². The average molecular weight is 313 g/mol. The normalized spacial score (nSPS) is 17.5. The van der Waals surface area contributed by atoms with Crippen molar-refractivity contribution in [3.8, 4) is 0 Å². The Labute approximate surface area is 115 Å².